The molecule has 1 aromatic heterocycles. The normalized spacial score (nSPS) is 10.1. The van der Waals surface area contributed by atoms with Crippen LogP contribution in [0, 0.1) is 0 Å². The van der Waals surface area contributed by atoms with Crippen LogP contribution >= 0.6 is 11.8 Å². The summed E-state index contributed by atoms with van der Waals surface area (Å²) in [6.45, 7) is 0. The average Bonchev–Trinajstić information content (AvgIpc) is 2.33. The molecule has 1 aromatic carbocycles. The molecule has 3 nitrogen and oxygen atoms in total. The maximum absolute atomic E-state index is 5.92. The second kappa shape index (κ2) is 4.90. The van der Waals surface area contributed by atoms with Gasteiger partial charge < -0.3 is 10.5 Å². The zero-order valence-corrected chi connectivity index (χ0v) is 9.70. The van der Waals surface area contributed by atoms with Crippen molar-refractivity contribution in [2.75, 3.05) is 12.8 Å². The number of benzene rings is 1. The first-order chi connectivity index (χ1) is 7.79. The Morgan fingerprint density at radius 1 is 1.25 bits per heavy atom. The molecule has 0 aliphatic heterocycles. The average molecular weight is 232 g/mol. The Morgan fingerprint density at radius 2 is 2.12 bits per heavy atom. The third kappa shape index (κ3) is 2.46. The molecule has 0 aliphatic carbocycles. The Balaban J connectivity index is 2.22. The summed E-state index contributed by atoms with van der Waals surface area (Å²) in [5.41, 5.74) is 6.62. The van der Waals surface area contributed by atoms with Crippen LogP contribution in [0.2, 0.25) is 0 Å². The summed E-state index contributed by atoms with van der Waals surface area (Å²) in [4.78, 5) is 5.22. The van der Waals surface area contributed by atoms with E-state index < -0.39 is 0 Å². The van der Waals surface area contributed by atoms with Crippen molar-refractivity contribution in [2.45, 2.75) is 9.92 Å². The first-order valence-electron chi connectivity index (χ1n) is 4.82. The summed E-state index contributed by atoms with van der Waals surface area (Å²) in [7, 11) is 1.63. The van der Waals surface area contributed by atoms with Gasteiger partial charge in [-0.3, -0.25) is 0 Å². The molecule has 0 amide bonds. The Hall–Kier alpha value is -1.68. The van der Waals surface area contributed by atoms with Gasteiger partial charge in [0.15, 0.2) is 0 Å². The number of ether oxygens (including phenoxy) is 1. The zero-order valence-electron chi connectivity index (χ0n) is 8.88. The van der Waals surface area contributed by atoms with Crippen LogP contribution in [0.3, 0.4) is 0 Å². The van der Waals surface area contributed by atoms with E-state index in [-0.39, 0.29) is 0 Å². The van der Waals surface area contributed by atoms with E-state index in [1.807, 2.05) is 36.4 Å². The minimum absolute atomic E-state index is 0.704. The number of methoxy groups -OCH3 is 1. The summed E-state index contributed by atoms with van der Waals surface area (Å²) >= 11 is 1.54. The van der Waals surface area contributed by atoms with Crippen molar-refractivity contribution in [2.24, 2.45) is 0 Å². The molecule has 16 heavy (non-hydrogen) atoms. The molecule has 0 radical (unpaired) electrons. The van der Waals surface area contributed by atoms with Crippen molar-refractivity contribution in [1.82, 2.24) is 4.98 Å². The van der Waals surface area contributed by atoms with Gasteiger partial charge in [0.1, 0.15) is 10.8 Å². The molecular weight excluding hydrogens is 220 g/mol. The fourth-order valence-electron chi connectivity index (χ4n) is 1.27. The van der Waals surface area contributed by atoms with Crippen LogP contribution in [0.25, 0.3) is 0 Å². The molecule has 2 N–H and O–H groups in total. The summed E-state index contributed by atoms with van der Waals surface area (Å²) in [6, 6.07) is 11.4. The fourth-order valence-corrected chi connectivity index (χ4v) is 2.06. The molecule has 0 atom stereocenters. The van der Waals surface area contributed by atoms with Gasteiger partial charge in [0.2, 0.25) is 0 Å². The fraction of sp³-hybridized carbons (Fsp3) is 0.0833. The Bertz CT molecular complexity index is 474. The quantitative estimate of drug-likeness (QED) is 0.827. The van der Waals surface area contributed by atoms with E-state index in [0.29, 0.717) is 5.69 Å². The van der Waals surface area contributed by atoms with Gasteiger partial charge in [-0.15, -0.1) is 0 Å². The lowest BCUT2D eigenvalue weighted by atomic mass is 10.3. The molecule has 4 heteroatoms. The SMILES string of the molecule is COc1ccc(Sc2ccccn2)c(N)c1. The van der Waals surface area contributed by atoms with Crippen LogP contribution < -0.4 is 10.5 Å². The molecule has 82 valence electrons. The summed E-state index contributed by atoms with van der Waals surface area (Å²) in [5, 5.41) is 0.930. The number of nitrogen functional groups attached to an aromatic ring is 1. The first kappa shape index (κ1) is 10.8. The lowest BCUT2D eigenvalue weighted by molar-refractivity contribution is 0.415. The summed E-state index contributed by atoms with van der Waals surface area (Å²) in [5.74, 6) is 0.767. The van der Waals surface area contributed by atoms with Crippen LogP contribution in [0.5, 0.6) is 5.75 Å². The smallest absolute Gasteiger partial charge is 0.120 e. The van der Waals surface area contributed by atoms with Crippen LogP contribution in [0.15, 0.2) is 52.5 Å². The molecule has 0 saturated heterocycles. The highest BCUT2D eigenvalue weighted by Gasteiger charge is 2.03. The van der Waals surface area contributed by atoms with E-state index in [1.54, 1.807) is 25.1 Å². The minimum atomic E-state index is 0.704. The summed E-state index contributed by atoms with van der Waals surface area (Å²) < 4.78 is 5.10. The largest absolute Gasteiger partial charge is 0.497 e. The highest BCUT2D eigenvalue weighted by Crippen LogP contribution is 2.32. The minimum Gasteiger partial charge on any atom is -0.497 e. The third-order valence-corrected chi connectivity index (χ3v) is 3.11. The van der Waals surface area contributed by atoms with E-state index >= 15 is 0 Å². The Kier molecular flexibility index (Phi) is 3.31. The van der Waals surface area contributed by atoms with Gasteiger partial charge in [-0.2, -0.15) is 0 Å². The molecule has 2 aromatic rings. The lowest BCUT2D eigenvalue weighted by Crippen LogP contribution is -1.91. The van der Waals surface area contributed by atoms with Gasteiger partial charge in [-0.1, -0.05) is 17.8 Å². The van der Waals surface area contributed by atoms with Gasteiger partial charge in [0, 0.05) is 22.8 Å². The Labute approximate surface area is 98.6 Å². The molecule has 0 aliphatic rings. The van der Waals surface area contributed by atoms with Gasteiger partial charge in [-0.05, 0) is 24.3 Å². The number of aromatic nitrogens is 1. The van der Waals surface area contributed by atoms with Crippen molar-refractivity contribution in [3.63, 3.8) is 0 Å². The van der Waals surface area contributed by atoms with Crippen molar-refractivity contribution in [3.8, 4) is 5.75 Å². The van der Waals surface area contributed by atoms with Crippen molar-refractivity contribution in [3.05, 3.63) is 42.6 Å². The van der Waals surface area contributed by atoms with E-state index in [1.165, 1.54) is 0 Å². The highest BCUT2D eigenvalue weighted by atomic mass is 32.2. The predicted molar refractivity (Wildman–Crippen MR) is 65.8 cm³/mol. The first-order valence-corrected chi connectivity index (χ1v) is 5.63. The number of hydrogen-bond acceptors (Lipinski definition) is 4. The predicted octanol–water partition coefficient (Wildman–Crippen LogP) is 2.82. The van der Waals surface area contributed by atoms with E-state index in [2.05, 4.69) is 4.98 Å². The van der Waals surface area contributed by atoms with Gasteiger partial charge >= 0.3 is 0 Å². The number of rotatable bonds is 3. The monoisotopic (exact) mass is 232 g/mol. The number of nitrogens with zero attached hydrogens (tertiary/aromatic N) is 1. The highest BCUT2D eigenvalue weighted by molar-refractivity contribution is 7.99. The number of pyridine rings is 1. The van der Waals surface area contributed by atoms with Gasteiger partial charge in [0.05, 0.1) is 7.11 Å². The molecule has 0 bridgehead atoms. The van der Waals surface area contributed by atoms with Crippen LogP contribution in [0.1, 0.15) is 0 Å². The second-order valence-electron chi connectivity index (χ2n) is 3.17. The molecule has 0 unspecified atom stereocenters. The number of nitrogens with two attached hydrogens (primary N) is 1. The molecular formula is C12H12N2OS. The maximum Gasteiger partial charge on any atom is 0.120 e. The van der Waals surface area contributed by atoms with E-state index in [4.69, 9.17) is 10.5 Å². The molecule has 1 heterocycles. The lowest BCUT2D eigenvalue weighted by Gasteiger charge is -2.06. The molecule has 0 saturated carbocycles. The zero-order chi connectivity index (χ0) is 11.4. The molecule has 2 rings (SSSR count). The topological polar surface area (TPSA) is 48.1 Å². The number of hydrogen-bond donors (Lipinski definition) is 1. The number of anilines is 1. The van der Waals surface area contributed by atoms with Crippen LogP contribution in [-0.4, -0.2) is 12.1 Å². The standard InChI is InChI=1S/C12H12N2OS/c1-15-9-5-6-11(10(13)8-9)16-12-4-2-3-7-14-12/h2-8H,13H2,1H3. The van der Waals surface area contributed by atoms with Crippen molar-refractivity contribution >= 4 is 17.4 Å². The second-order valence-corrected chi connectivity index (χ2v) is 4.24. The van der Waals surface area contributed by atoms with Crippen LogP contribution in [-0.2, 0) is 0 Å². The van der Waals surface area contributed by atoms with Crippen molar-refractivity contribution < 1.29 is 4.74 Å². The Morgan fingerprint density at radius 3 is 2.75 bits per heavy atom. The maximum atomic E-state index is 5.92. The van der Waals surface area contributed by atoms with Gasteiger partial charge in [-0.25, -0.2) is 4.98 Å². The van der Waals surface area contributed by atoms with Gasteiger partial charge in [0.25, 0.3) is 0 Å². The third-order valence-electron chi connectivity index (χ3n) is 2.07. The summed E-state index contributed by atoms with van der Waals surface area (Å²) in [6.07, 6.45) is 1.77. The van der Waals surface area contributed by atoms with E-state index in [0.717, 1.165) is 15.7 Å². The molecule has 0 spiro atoms. The molecule has 0 fully saturated rings. The van der Waals surface area contributed by atoms with Crippen LogP contribution in [0.4, 0.5) is 5.69 Å². The van der Waals surface area contributed by atoms with E-state index in [9.17, 15) is 0 Å². The van der Waals surface area contributed by atoms with Crippen molar-refractivity contribution in [1.29, 1.82) is 0 Å².